The Bertz CT molecular complexity index is 677. The number of ether oxygens (including phenoxy) is 3. The largest absolute Gasteiger partial charge is 0.482 e. The molecule has 0 radical (unpaired) electrons. The second-order valence-electron chi connectivity index (χ2n) is 7.60. The lowest BCUT2D eigenvalue weighted by Crippen LogP contribution is -2.57. The second kappa shape index (κ2) is 7.05. The fourth-order valence-corrected chi connectivity index (χ4v) is 3.01. The van der Waals surface area contributed by atoms with Crippen molar-refractivity contribution in [2.75, 3.05) is 26.2 Å². The van der Waals surface area contributed by atoms with Crippen LogP contribution in [0.15, 0.2) is 24.3 Å². The third kappa shape index (κ3) is 4.03. The van der Waals surface area contributed by atoms with Gasteiger partial charge < -0.3 is 24.0 Å². The van der Waals surface area contributed by atoms with E-state index in [4.69, 9.17) is 14.2 Å². The van der Waals surface area contributed by atoms with Gasteiger partial charge in [0.25, 0.3) is 5.91 Å². The van der Waals surface area contributed by atoms with E-state index in [1.165, 1.54) is 0 Å². The lowest BCUT2D eigenvalue weighted by Gasteiger charge is -2.39. The molecule has 2 aliphatic heterocycles. The van der Waals surface area contributed by atoms with E-state index in [9.17, 15) is 9.59 Å². The molecule has 1 aromatic carbocycles. The van der Waals surface area contributed by atoms with Gasteiger partial charge in [0.05, 0.1) is 0 Å². The Labute approximate surface area is 153 Å². The van der Waals surface area contributed by atoms with Crippen LogP contribution in [0.25, 0.3) is 0 Å². The zero-order valence-electron chi connectivity index (χ0n) is 15.7. The number of piperazine rings is 1. The van der Waals surface area contributed by atoms with E-state index in [0.29, 0.717) is 37.7 Å². The van der Waals surface area contributed by atoms with Crippen molar-refractivity contribution in [3.63, 3.8) is 0 Å². The molecule has 0 bridgehead atoms. The zero-order valence-corrected chi connectivity index (χ0v) is 15.7. The minimum Gasteiger partial charge on any atom is -0.482 e. The number of nitrogens with zero attached hydrogens (tertiary/aromatic N) is 2. The third-order valence-corrected chi connectivity index (χ3v) is 4.33. The van der Waals surface area contributed by atoms with Gasteiger partial charge >= 0.3 is 6.09 Å². The van der Waals surface area contributed by atoms with Gasteiger partial charge in [-0.1, -0.05) is 12.1 Å². The number of amides is 2. The van der Waals surface area contributed by atoms with Crippen LogP contribution in [0.4, 0.5) is 4.79 Å². The number of fused-ring (bicyclic) bond motifs is 1. The van der Waals surface area contributed by atoms with Crippen LogP contribution in [0.2, 0.25) is 0 Å². The quantitative estimate of drug-likeness (QED) is 0.767. The molecule has 0 spiro atoms. The molecule has 0 aromatic heterocycles. The minimum absolute atomic E-state index is 0.115. The van der Waals surface area contributed by atoms with Crippen molar-refractivity contribution in [1.82, 2.24) is 9.80 Å². The van der Waals surface area contributed by atoms with Crippen molar-refractivity contribution in [1.29, 1.82) is 0 Å². The van der Waals surface area contributed by atoms with Gasteiger partial charge in [-0.05, 0) is 39.8 Å². The SMILES string of the molecule is C[C@@H]1Oc2ccccc2O[C@H]1C(=O)N1CCN(C(=O)OC(C)(C)C)CC1. The van der Waals surface area contributed by atoms with Crippen molar-refractivity contribution in [3.05, 3.63) is 24.3 Å². The normalized spacial score (nSPS) is 22.8. The Hall–Kier alpha value is -2.44. The maximum Gasteiger partial charge on any atom is 0.410 e. The highest BCUT2D eigenvalue weighted by molar-refractivity contribution is 5.83. The maximum absolute atomic E-state index is 12.9. The summed E-state index contributed by atoms with van der Waals surface area (Å²) in [5.41, 5.74) is -0.528. The van der Waals surface area contributed by atoms with E-state index in [-0.39, 0.29) is 18.1 Å². The summed E-state index contributed by atoms with van der Waals surface area (Å²) in [6.45, 7) is 9.13. The van der Waals surface area contributed by atoms with Gasteiger partial charge in [-0.25, -0.2) is 4.79 Å². The molecular formula is C19H26N2O5. The second-order valence-corrected chi connectivity index (χ2v) is 7.60. The topological polar surface area (TPSA) is 68.3 Å². The van der Waals surface area contributed by atoms with Crippen LogP contribution in [-0.2, 0) is 9.53 Å². The number of hydrogen-bond donors (Lipinski definition) is 0. The highest BCUT2D eigenvalue weighted by Crippen LogP contribution is 2.34. The van der Waals surface area contributed by atoms with Crippen LogP contribution in [-0.4, -0.2) is 65.8 Å². The standard InChI is InChI=1S/C19H26N2O5/c1-13-16(25-15-8-6-5-7-14(15)24-13)17(22)20-9-11-21(12-10-20)18(23)26-19(2,3)4/h5-8,13,16H,9-12H2,1-4H3/t13-,16+/m0/s1. The van der Waals surface area contributed by atoms with E-state index in [0.717, 1.165) is 0 Å². The molecule has 0 unspecified atom stereocenters. The van der Waals surface area contributed by atoms with Crippen LogP contribution in [0.3, 0.4) is 0 Å². The van der Waals surface area contributed by atoms with Crippen LogP contribution >= 0.6 is 0 Å². The molecule has 2 amide bonds. The predicted octanol–water partition coefficient (Wildman–Crippen LogP) is 2.29. The first-order chi connectivity index (χ1) is 12.2. The number of hydrogen-bond acceptors (Lipinski definition) is 5. The van der Waals surface area contributed by atoms with Crippen molar-refractivity contribution in [3.8, 4) is 11.5 Å². The summed E-state index contributed by atoms with van der Waals surface area (Å²) in [7, 11) is 0. The predicted molar refractivity (Wildman–Crippen MR) is 95.3 cm³/mol. The average molecular weight is 362 g/mol. The van der Waals surface area contributed by atoms with Gasteiger partial charge in [-0.3, -0.25) is 4.79 Å². The maximum atomic E-state index is 12.9. The fourth-order valence-electron chi connectivity index (χ4n) is 3.01. The Morgan fingerprint density at radius 1 is 1.00 bits per heavy atom. The molecule has 2 atom stereocenters. The molecule has 26 heavy (non-hydrogen) atoms. The number of carbonyl (C=O) groups excluding carboxylic acids is 2. The van der Waals surface area contributed by atoms with E-state index in [1.54, 1.807) is 15.9 Å². The Morgan fingerprint density at radius 3 is 2.12 bits per heavy atom. The summed E-state index contributed by atoms with van der Waals surface area (Å²) in [4.78, 5) is 28.4. The van der Waals surface area contributed by atoms with Crippen molar-refractivity contribution < 1.29 is 23.8 Å². The summed E-state index contributed by atoms with van der Waals surface area (Å²) < 4.78 is 17.1. The highest BCUT2D eigenvalue weighted by atomic mass is 16.6. The van der Waals surface area contributed by atoms with Gasteiger partial charge in [0.15, 0.2) is 11.5 Å². The van der Waals surface area contributed by atoms with Gasteiger partial charge in [0.2, 0.25) is 6.10 Å². The monoisotopic (exact) mass is 362 g/mol. The van der Waals surface area contributed by atoms with E-state index in [1.807, 2.05) is 45.9 Å². The average Bonchev–Trinajstić information content (AvgIpc) is 2.59. The molecule has 0 aliphatic carbocycles. The zero-order chi connectivity index (χ0) is 18.9. The summed E-state index contributed by atoms with van der Waals surface area (Å²) in [6.07, 6.45) is -1.40. The van der Waals surface area contributed by atoms with Crippen molar-refractivity contribution in [2.45, 2.75) is 45.5 Å². The number of benzene rings is 1. The molecule has 142 valence electrons. The molecule has 2 aliphatic rings. The molecule has 0 N–H and O–H groups in total. The summed E-state index contributed by atoms with van der Waals surface area (Å²) in [6, 6.07) is 7.33. The van der Waals surface area contributed by atoms with Gasteiger partial charge in [0, 0.05) is 26.2 Å². The summed E-state index contributed by atoms with van der Waals surface area (Å²) in [5, 5.41) is 0. The number of carbonyl (C=O) groups is 2. The first kappa shape index (κ1) is 18.4. The highest BCUT2D eigenvalue weighted by Gasteiger charge is 2.38. The van der Waals surface area contributed by atoms with Crippen LogP contribution in [0.1, 0.15) is 27.7 Å². The minimum atomic E-state index is -0.682. The Morgan fingerprint density at radius 2 is 1.54 bits per heavy atom. The lowest BCUT2D eigenvalue weighted by atomic mass is 10.1. The van der Waals surface area contributed by atoms with Crippen molar-refractivity contribution >= 4 is 12.0 Å². The van der Waals surface area contributed by atoms with Gasteiger partial charge in [0.1, 0.15) is 11.7 Å². The van der Waals surface area contributed by atoms with E-state index >= 15 is 0 Å². The van der Waals surface area contributed by atoms with Gasteiger partial charge in [-0.2, -0.15) is 0 Å². The van der Waals surface area contributed by atoms with Crippen molar-refractivity contribution in [2.24, 2.45) is 0 Å². The molecule has 7 heteroatoms. The Balaban J connectivity index is 1.58. The molecule has 3 rings (SSSR count). The summed E-state index contributed by atoms with van der Waals surface area (Å²) in [5.74, 6) is 1.12. The molecule has 2 heterocycles. The molecule has 0 saturated carbocycles. The fraction of sp³-hybridized carbons (Fsp3) is 0.579. The van der Waals surface area contributed by atoms with Gasteiger partial charge in [-0.15, -0.1) is 0 Å². The smallest absolute Gasteiger partial charge is 0.410 e. The number of para-hydroxylation sites is 2. The number of rotatable bonds is 1. The molecule has 1 aromatic rings. The van der Waals surface area contributed by atoms with Crippen LogP contribution in [0.5, 0.6) is 11.5 Å². The first-order valence-corrected chi connectivity index (χ1v) is 8.93. The van der Waals surface area contributed by atoms with Crippen LogP contribution < -0.4 is 9.47 Å². The molecule has 7 nitrogen and oxygen atoms in total. The molecule has 1 fully saturated rings. The Kier molecular flexibility index (Phi) is 4.98. The molecular weight excluding hydrogens is 336 g/mol. The van der Waals surface area contributed by atoms with E-state index in [2.05, 4.69) is 0 Å². The first-order valence-electron chi connectivity index (χ1n) is 8.93. The molecule has 1 saturated heterocycles. The summed E-state index contributed by atoms with van der Waals surface area (Å²) >= 11 is 0. The third-order valence-electron chi connectivity index (χ3n) is 4.33. The van der Waals surface area contributed by atoms with E-state index < -0.39 is 11.7 Å². The van der Waals surface area contributed by atoms with Crippen LogP contribution in [0, 0.1) is 0 Å². The lowest BCUT2D eigenvalue weighted by molar-refractivity contribution is -0.146.